The van der Waals surface area contributed by atoms with E-state index < -0.39 is 29.8 Å². The van der Waals surface area contributed by atoms with Crippen LogP contribution in [0.1, 0.15) is 21.7 Å². The molecule has 0 aliphatic rings. The normalized spacial score (nSPS) is 11.4. The fraction of sp³-hybridized carbons (Fsp3) is 0.167. The van der Waals surface area contributed by atoms with Gasteiger partial charge in [-0.2, -0.15) is 18.3 Å². The zero-order chi connectivity index (χ0) is 19.6. The predicted molar refractivity (Wildman–Crippen MR) is 88.1 cm³/mol. The molecule has 1 aromatic carbocycles. The van der Waals surface area contributed by atoms with E-state index in [-0.39, 0.29) is 17.0 Å². The van der Waals surface area contributed by atoms with Gasteiger partial charge in [0.2, 0.25) is 0 Å². The summed E-state index contributed by atoms with van der Waals surface area (Å²) in [6, 6.07) is 10.1. The zero-order valence-electron chi connectivity index (χ0n) is 14.0. The Kier molecular flexibility index (Phi) is 4.85. The van der Waals surface area contributed by atoms with Crippen LogP contribution in [0, 0.1) is 0 Å². The van der Waals surface area contributed by atoms with Crippen molar-refractivity contribution in [3.63, 3.8) is 0 Å². The Balaban J connectivity index is 2.14. The quantitative estimate of drug-likeness (QED) is 0.651. The third-order valence-corrected chi connectivity index (χ3v) is 3.79. The third kappa shape index (κ3) is 3.76. The molecule has 0 amide bonds. The van der Waals surface area contributed by atoms with Gasteiger partial charge in [-0.3, -0.25) is 4.79 Å². The number of aromatic nitrogens is 2. The van der Waals surface area contributed by atoms with E-state index >= 15 is 0 Å². The van der Waals surface area contributed by atoms with Crippen LogP contribution < -0.4 is 5.56 Å². The Bertz CT molecular complexity index is 1020. The standard InChI is InChI=1S/C18H13F3N2O4/c1-26-17(25)12-7-8-27-15(12)10-23-16(24)13(18(19,20)21)9-14(22-23)11-5-3-2-4-6-11/h2-9H,10H2,1H3. The monoisotopic (exact) mass is 378 g/mol. The number of halogens is 3. The van der Waals surface area contributed by atoms with Crippen molar-refractivity contribution in [3.05, 3.63) is 76.0 Å². The molecule has 0 aliphatic heterocycles. The average molecular weight is 378 g/mol. The lowest BCUT2D eigenvalue weighted by atomic mass is 10.1. The number of furan rings is 1. The van der Waals surface area contributed by atoms with Gasteiger partial charge in [0.25, 0.3) is 5.56 Å². The lowest BCUT2D eigenvalue weighted by Gasteiger charge is -2.12. The minimum absolute atomic E-state index is 0.00451. The number of benzene rings is 1. The summed E-state index contributed by atoms with van der Waals surface area (Å²) in [4.78, 5) is 24.0. The highest BCUT2D eigenvalue weighted by Crippen LogP contribution is 2.29. The first-order chi connectivity index (χ1) is 12.8. The summed E-state index contributed by atoms with van der Waals surface area (Å²) >= 11 is 0. The first-order valence-electron chi connectivity index (χ1n) is 7.70. The van der Waals surface area contributed by atoms with Crippen LogP contribution >= 0.6 is 0 Å². The number of hydrogen-bond acceptors (Lipinski definition) is 5. The summed E-state index contributed by atoms with van der Waals surface area (Å²) in [5, 5.41) is 4.01. The van der Waals surface area contributed by atoms with Crippen molar-refractivity contribution in [1.82, 2.24) is 9.78 Å². The van der Waals surface area contributed by atoms with E-state index in [9.17, 15) is 22.8 Å². The molecule has 140 valence electrons. The maximum Gasteiger partial charge on any atom is 0.421 e. The van der Waals surface area contributed by atoms with E-state index in [0.717, 1.165) is 7.11 Å². The van der Waals surface area contributed by atoms with Gasteiger partial charge < -0.3 is 9.15 Å². The van der Waals surface area contributed by atoms with Gasteiger partial charge in [-0.05, 0) is 12.1 Å². The van der Waals surface area contributed by atoms with Crippen LogP contribution in [0.4, 0.5) is 13.2 Å². The lowest BCUT2D eigenvalue weighted by Crippen LogP contribution is -2.31. The summed E-state index contributed by atoms with van der Waals surface area (Å²) in [6.07, 6.45) is -3.68. The van der Waals surface area contributed by atoms with Crippen LogP contribution in [0.15, 0.2) is 57.9 Å². The number of methoxy groups -OCH3 is 1. The highest BCUT2D eigenvalue weighted by molar-refractivity contribution is 5.90. The first kappa shape index (κ1) is 18.4. The van der Waals surface area contributed by atoms with Gasteiger partial charge in [-0.25, -0.2) is 9.48 Å². The number of carbonyl (C=O) groups excluding carboxylic acids is 1. The second kappa shape index (κ2) is 7.10. The molecule has 2 aromatic heterocycles. The van der Waals surface area contributed by atoms with E-state index in [4.69, 9.17) is 4.42 Å². The van der Waals surface area contributed by atoms with Gasteiger partial charge >= 0.3 is 12.1 Å². The number of alkyl halides is 3. The molecule has 27 heavy (non-hydrogen) atoms. The van der Waals surface area contributed by atoms with E-state index in [1.54, 1.807) is 30.3 Å². The Labute approximate surface area is 150 Å². The molecular weight excluding hydrogens is 365 g/mol. The van der Waals surface area contributed by atoms with Crippen molar-refractivity contribution >= 4 is 5.97 Å². The number of hydrogen-bond donors (Lipinski definition) is 0. The molecule has 0 spiro atoms. The van der Waals surface area contributed by atoms with Crippen molar-refractivity contribution < 1.29 is 27.1 Å². The molecule has 9 heteroatoms. The second-order valence-corrected chi connectivity index (χ2v) is 5.52. The Morgan fingerprint density at radius 2 is 1.93 bits per heavy atom. The largest absolute Gasteiger partial charge is 0.466 e. The molecule has 0 atom stereocenters. The maximum absolute atomic E-state index is 13.3. The average Bonchev–Trinajstić information content (AvgIpc) is 3.10. The number of rotatable bonds is 4. The van der Waals surface area contributed by atoms with E-state index in [1.165, 1.54) is 12.3 Å². The Morgan fingerprint density at radius 1 is 1.22 bits per heavy atom. The van der Waals surface area contributed by atoms with Crippen molar-refractivity contribution in [2.45, 2.75) is 12.7 Å². The fourth-order valence-electron chi connectivity index (χ4n) is 2.49. The summed E-state index contributed by atoms with van der Waals surface area (Å²) in [7, 11) is 1.15. The van der Waals surface area contributed by atoms with Crippen molar-refractivity contribution in [2.75, 3.05) is 7.11 Å². The zero-order valence-corrected chi connectivity index (χ0v) is 14.0. The molecule has 0 fully saturated rings. The summed E-state index contributed by atoms with van der Waals surface area (Å²) in [6.45, 7) is -0.458. The summed E-state index contributed by atoms with van der Waals surface area (Å²) < 4.78 is 50.3. The number of esters is 1. The molecule has 0 N–H and O–H groups in total. The molecular formula is C18H13F3N2O4. The highest BCUT2D eigenvalue weighted by Gasteiger charge is 2.36. The van der Waals surface area contributed by atoms with Crippen LogP contribution in [0.5, 0.6) is 0 Å². The smallest absolute Gasteiger partial charge is 0.421 e. The molecule has 3 aromatic rings. The third-order valence-electron chi connectivity index (χ3n) is 3.79. The molecule has 6 nitrogen and oxygen atoms in total. The van der Waals surface area contributed by atoms with E-state index in [1.807, 2.05) is 0 Å². The number of nitrogens with zero attached hydrogens (tertiary/aromatic N) is 2. The van der Waals surface area contributed by atoms with E-state index in [0.29, 0.717) is 16.3 Å². The van der Waals surface area contributed by atoms with Crippen LogP contribution in [0.25, 0.3) is 11.3 Å². The molecule has 0 radical (unpaired) electrons. The van der Waals surface area contributed by atoms with Gasteiger partial charge in [-0.1, -0.05) is 30.3 Å². The molecule has 2 heterocycles. The fourth-order valence-corrected chi connectivity index (χ4v) is 2.49. The molecule has 0 saturated carbocycles. The highest BCUT2D eigenvalue weighted by atomic mass is 19.4. The van der Waals surface area contributed by atoms with Crippen LogP contribution in [-0.4, -0.2) is 22.9 Å². The predicted octanol–water partition coefficient (Wildman–Crippen LogP) is 3.36. The van der Waals surface area contributed by atoms with Crippen LogP contribution in [-0.2, 0) is 17.5 Å². The second-order valence-electron chi connectivity index (χ2n) is 5.52. The van der Waals surface area contributed by atoms with Gasteiger partial charge in [-0.15, -0.1) is 0 Å². The molecule has 0 unspecified atom stereocenters. The van der Waals surface area contributed by atoms with Crippen molar-refractivity contribution in [2.24, 2.45) is 0 Å². The first-order valence-corrected chi connectivity index (χ1v) is 7.70. The van der Waals surface area contributed by atoms with Crippen molar-refractivity contribution in [3.8, 4) is 11.3 Å². The Morgan fingerprint density at radius 3 is 2.56 bits per heavy atom. The molecule has 0 bridgehead atoms. The SMILES string of the molecule is COC(=O)c1ccoc1Cn1nc(-c2ccccc2)cc(C(F)(F)F)c1=O. The number of ether oxygens (including phenoxy) is 1. The summed E-state index contributed by atoms with van der Waals surface area (Å²) in [5.74, 6) is -0.767. The topological polar surface area (TPSA) is 74.3 Å². The van der Waals surface area contributed by atoms with Gasteiger partial charge in [0.1, 0.15) is 23.4 Å². The van der Waals surface area contributed by atoms with Crippen LogP contribution in [0.2, 0.25) is 0 Å². The van der Waals surface area contributed by atoms with Crippen LogP contribution in [0.3, 0.4) is 0 Å². The van der Waals surface area contributed by atoms with Gasteiger partial charge in [0.05, 0.1) is 19.1 Å². The van der Waals surface area contributed by atoms with Gasteiger partial charge in [0, 0.05) is 5.56 Å². The van der Waals surface area contributed by atoms with E-state index in [2.05, 4.69) is 9.84 Å². The summed E-state index contributed by atoms with van der Waals surface area (Å²) in [5.41, 5.74) is -2.32. The number of carbonyl (C=O) groups is 1. The molecule has 0 aliphatic carbocycles. The van der Waals surface area contributed by atoms with Gasteiger partial charge in [0.15, 0.2) is 0 Å². The lowest BCUT2D eigenvalue weighted by molar-refractivity contribution is -0.139. The Hall–Kier alpha value is -3.36. The minimum atomic E-state index is -4.86. The molecule has 3 rings (SSSR count). The minimum Gasteiger partial charge on any atom is -0.466 e. The molecule has 0 saturated heterocycles. The maximum atomic E-state index is 13.3. The van der Waals surface area contributed by atoms with Crippen molar-refractivity contribution in [1.29, 1.82) is 0 Å².